The zero-order chi connectivity index (χ0) is 9.97. The summed E-state index contributed by atoms with van der Waals surface area (Å²) < 4.78 is 1.16. The zero-order valence-corrected chi connectivity index (χ0v) is 10.0. The molecule has 2 rings (SSSR count). The minimum atomic E-state index is 0.630. The quantitative estimate of drug-likeness (QED) is 0.853. The van der Waals surface area contributed by atoms with Crippen molar-refractivity contribution in [2.75, 3.05) is 6.54 Å². The highest BCUT2D eigenvalue weighted by atomic mass is 79.9. The van der Waals surface area contributed by atoms with Crippen LogP contribution in [0.5, 0.6) is 0 Å². The average Bonchev–Trinajstić information content (AvgIpc) is 2.71. The van der Waals surface area contributed by atoms with Gasteiger partial charge in [-0.15, -0.1) is 0 Å². The van der Waals surface area contributed by atoms with E-state index < -0.39 is 0 Å². The molecule has 2 unspecified atom stereocenters. The molecule has 1 aromatic carbocycles. The Kier molecular flexibility index (Phi) is 3.24. The molecule has 1 saturated heterocycles. The summed E-state index contributed by atoms with van der Waals surface area (Å²) in [6.07, 6.45) is 2.64. The Morgan fingerprint density at radius 2 is 2.07 bits per heavy atom. The van der Waals surface area contributed by atoms with E-state index in [1.807, 2.05) is 0 Å². The molecule has 1 fully saturated rings. The molecule has 1 N–H and O–H groups in total. The topological polar surface area (TPSA) is 12.0 Å². The summed E-state index contributed by atoms with van der Waals surface area (Å²) >= 11 is 3.46. The summed E-state index contributed by atoms with van der Waals surface area (Å²) in [7, 11) is 0. The SMILES string of the molecule is CC(c1ccc(Br)cc1)C1CCCN1. The van der Waals surface area contributed by atoms with Crippen LogP contribution in [-0.4, -0.2) is 12.6 Å². The fourth-order valence-electron chi connectivity index (χ4n) is 2.14. The van der Waals surface area contributed by atoms with Crippen molar-refractivity contribution in [1.29, 1.82) is 0 Å². The third kappa shape index (κ3) is 2.18. The summed E-state index contributed by atoms with van der Waals surface area (Å²) in [5.41, 5.74) is 1.44. The standard InChI is InChI=1S/C12H16BrN/c1-9(12-3-2-8-14-12)10-4-6-11(13)7-5-10/h4-7,9,12,14H,2-3,8H2,1H3. The zero-order valence-electron chi connectivity index (χ0n) is 8.46. The van der Waals surface area contributed by atoms with Crippen LogP contribution in [0.2, 0.25) is 0 Å². The first kappa shape index (κ1) is 10.2. The van der Waals surface area contributed by atoms with Gasteiger partial charge in [-0.3, -0.25) is 0 Å². The molecule has 1 aliphatic rings. The van der Waals surface area contributed by atoms with Crippen LogP contribution >= 0.6 is 15.9 Å². The third-order valence-electron chi connectivity index (χ3n) is 3.10. The molecular weight excluding hydrogens is 238 g/mol. The number of hydrogen-bond donors (Lipinski definition) is 1. The van der Waals surface area contributed by atoms with Gasteiger partial charge in [0.15, 0.2) is 0 Å². The van der Waals surface area contributed by atoms with Gasteiger partial charge in [-0.25, -0.2) is 0 Å². The van der Waals surface area contributed by atoms with Crippen LogP contribution in [0.1, 0.15) is 31.2 Å². The highest BCUT2D eigenvalue weighted by molar-refractivity contribution is 9.10. The first-order chi connectivity index (χ1) is 6.77. The lowest BCUT2D eigenvalue weighted by atomic mass is 9.92. The number of hydrogen-bond acceptors (Lipinski definition) is 1. The molecule has 1 aromatic rings. The van der Waals surface area contributed by atoms with Gasteiger partial charge in [-0.2, -0.15) is 0 Å². The van der Waals surface area contributed by atoms with Gasteiger partial charge >= 0.3 is 0 Å². The lowest BCUT2D eigenvalue weighted by Gasteiger charge is -2.19. The molecule has 2 atom stereocenters. The molecule has 1 heterocycles. The van der Waals surface area contributed by atoms with Gasteiger partial charge in [0.25, 0.3) is 0 Å². The van der Waals surface area contributed by atoms with Crippen LogP contribution in [0.4, 0.5) is 0 Å². The van der Waals surface area contributed by atoms with Crippen LogP contribution < -0.4 is 5.32 Å². The van der Waals surface area contributed by atoms with Gasteiger partial charge < -0.3 is 5.32 Å². The molecule has 2 heteroatoms. The monoisotopic (exact) mass is 253 g/mol. The van der Waals surface area contributed by atoms with Gasteiger partial charge in [-0.1, -0.05) is 35.0 Å². The van der Waals surface area contributed by atoms with Gasteiger partial charge in [0, 0.05) is 10.5 Å². The van der Waals surface area contributed by atoms with Gasteiger partial charge in [0.1, 0.15) is 0 Å². The lowest BCUT2D eigenvalue weighted by molar-refractivity contribution is 0.517. The Balaban J connectivity index is 2.09. The Morgan fingerprint density at radius 1 is 1.36 bits per heavy atom. The Bertz CT molecular complexity index is 288. The van der Waals surface area contributed by atoms with E-state index in [4.69, 9.17) is 0 Å². The van der Waals surface area contributed by atoms with Gasteiger partial charge in [0.05, 0.1) is 0 Å². The number of benzene rings is 1. The summed E-state index contributed by atoms with van der Waals surface area (Å²) in [6, 6.07) is 9.36. The molecular formula is C12H16BrN. The first-order valence-electron chi connectivity index (χ1n) is 5.26. The molecule has 76 valence electrons. The predicted molar refractivity (Wildman–Crippen MR) is 63.6 cm³/mol. The van der Waals surface area contributed by atoms with E-state index in [0.717, 1.165) is 4.47 Å². The van der Waals surface area contributed by atoms with Crippen LogP contribution in [0.15, 0.2) is 28.7 Å². The van der Waals surface area contributed by atoms with E-state index in [-0.39, 0.29) is 0 Å². The average molecular weight is 254 g/mol. The Labute approximate surface area is 94.0 Å². The lowest BCUT2D eigenvalue weighted by Crippen LogP contribution is -2.27. The van der Waals surface area contributed by atoms with Crippen LogP contribution in [0.25, 0.3) is 0 Å². The Hall–Kier alpha value is -0.340. The normalized spacial score (nSPS) is 23.7. The maximum atomic E-state index is 3.56. The molecule has 0 aromatic heterocycles. The van der Waals surface area contributed by atoms with Gasteiger partial charge in [0.2, 0.25) is 0 Å². The van der Waals surface area contributed by atoms with Crippen molar-refractivity contribution in [3.63, 3.8) is 0 Å². The maximum Gasteiger partial charge on any atom is 0.0175 e. The highest BCUT2D eigenvalue weighted by Gasteiger charge is 2.21. The minimum Gasteiger partial charge on any atom is -0.313 e. The summed E-state index contributed by atoms with van der Waals surface area (Å²) in [6.45, 7) is 3.50. The van der Waals surface area contributed by atoms with Crippen molar-refractivity contribution in [1.82, 2.24) is 5.32 Å². The smallest absolute Gasteiger partial charge is 0.0175 e. The first-order valence-corrected chi connectivity index (χ1v) is 6.05. The highest BCUT2D eigenvalue weighted by Crippen LogP contribution is 2.25. The summed E-state index contributed by atoms with van der Waals surface area (Å²) in [5, 5.41) is 3.56. The fraction of sp³-hybridized carbons (Fsp3) is 0.500. The van der Waals surface area contributed by atoms with E-state index in [9.17, 15) is 0 Å². The second kappa shape index (κ2) is 4.45. The maximum absolute atomic E-state index is 3.56. The van der Waals surface area contributed by atoms with E-state index in [1.54, 1.807) is 0 Å². The van der Waals surface area contributed by atoms with Crippen molar-refractivity contribution >= 4 is 15.9 Å². The van der Waals surface area contributed by atoms with Gasteiger partial charge in [-0.05, 0) is 43.0 Å². The summed E-state index contributed by atoms with van der Waals surface area (Å²) in [5.74, 6) is 0.630. The van der Waals surface area contributed by atoms with Crippen LogP contribution in [0, 0.1) is 0 Å². The molecule has 0 aliphatic carbocycles. The van der Waals surface area contributed by atoms with E-state index >= 15 is 0 Å². The van der Waals surface area contributed by atoms with E-state index in [0.29, 0.717) is 12.0 Å². The van der Waals surface area contributed by atoms with E-state index in [1.165, 1.54) is 24.9 Å². The largest absolute Gasteiger partial charge is 0.313 e. The van der Waals surface area contributed by atoms with Crippen molar-refractivity contribution in [3.8, 4) is 0 Å². The van der Waals surface area contributed by atoms with Crippen molar-refractivity contribution < 1.29 is 0 Å². The van der Waals surface area contributed by atoms with Crippen molar-refractivity contribution in [2.24, 2.45) is 0 Å². The number of nitrogens with one attached hydrogen (secondary N) is 1. The molecule has 14 heavy (non-hydrogen) atoms. The van der Waals surface area contributed by atoms with E-state index in [2.05, 4.69) is 52.4 Å². The second-order valence-corrected chi connectivity index (χ2v) is 4.96. The van der Waals surface area contributed by atoms with Crippen LogP contribution in [-0.2, 0) is 0 Å². The molecule has 1 aliphatic heterocycles. The Morgan fingerprint density at radius 3 is 2.64 bits per heavy atom. The third-order valence-corrected chi connectivity index (χ3v) is 3.63. The predicted octanol–water partition coefficient (Wildman–Crippen LogP) is 3.30. The van der Waals surface area contributed by atoms with Crippen LogP contribution in [0.3, 0.4) is 0 Å². The molecule has 0 saturated carbocycles. The number of halogens is 1. The minimum absolute atomic E-state index is 0.630. The van der Waals surface area contributed by atoms with Crippen molar-refractivity contribution in [3.05, 3.63) is 34.3 Å². The molecule has 0 radical (unpaired) electrons. The molecule has 1 nitrogen and oxygen atoms in total. The molecule has 0 spiro atoms. The second-order valence-electron chi connectivity index (χ2n) is 4.04. The molecule has 0 bridgehead atoms. The fourth-order valence-corrected chi connectivity index (χ4v) is 2.40. The number of rotatable bonds is 2. The van der Waals surface area contributed by atoms with Crippen molar-refractivity contribution in [2.45, 2.75) is 31.7 Å². The molecule has 0 amide bonds. The summed E-state index contributed by atoms with van der Waals surface area (Å²) in [4.78, 5) is 0.